The smallest absolute Gasteiger partial charge is 0.115 e. The molecule has 17 heavy (non-hydrogen) atoms. The molecule has 0 radical (unpaired) electrons. The molecule has 2 heterocycles. The first-order valence-corrected chi connectivity index (χ1v) is 6.77. The lowest BCUT2D eigenvalue weighted by Gasteiger charge is -2.28. The van der Waals surface area contributed by atoms with Crippen LogP contribution >= 0.6 is 0 Å². The Morgan fingerprint density at radius 3 is 2.59 bits per heavy atom. The van der Waals surface area contributed by atoms with E-state index in [-0.39, 0.29) is 0 Å². The number of fused-ring (bicyclic) bond motifs is 1. The fourth-order valence-corrected chi connectivity index (χ4v) is 2.19. The number of aromatic nitrogens is 2. The predicted octanol–water partition coefficient (Wildman–Crippen LogP) is 3.00. The van der Waals surface area contributed by atoms with Crippen LogP contribution in [0, 0.1) is 0 Å². The highest BCUT2D eigenvalue weighted by molar-refractivity contribution is 5.28. The third-order valence-corrected chi connectivity index (χ3v) is 3.11. The van der Waals surface area contributed by atoms with Gasteiger partial charge in [-0.1, -0.05) is 34.6 Å². The summed E-state index contributed by atoms with van der Waals surface area (Å²) >= 11 is 0. The zero-order valence-electron chi connectivity index (χ0n) is 11.8. The van der Waals surface area contributed by atoms with Crippen molar-refractivity contribution in [3.63, 3.8) is 0 Å². The number of hydrogen-bond donors (Lipinski definition) is 0. The summed E-state index contributed by atoms with van der Waals surface area (Å²) < 4.78 is 0. The predicted molar refractivity (Wildman–Crippen MR) is 72.1 cm³/mol. The van der Waals surface area contributed by atoms with Crippen molar-refractivity contribution in [1.29, 1.82) is 0 Å². The molecule has 1 aliphatic heterocycles. The minimum absolute atomic E-state index is 0.499. The third-order valence-electron chi connectivity index (χ3n) is 3.11. The molecule has 1 aromatic heterocycles. The van der Waals surface area contributed by atoms with Gasteiger partial charge in [0.1, 0.15) is 6.33 Å². The molecule has 0 unspecified atom stereocenters. The summed E-state index contributed by atoms with van der Waals surface area (Å²) in [7, 11) is 0. The molecule has 0 amide bonds. The van der Waals surface area contributed by atoms with Gasteiger partial charge >= 0.3 is 0 Å². The van der Waals surface area contributed by atoms with Crippen LogP contribution in [0.1, 0.15) is 57.5 Å². The zero-order chi connectivity index (χ0) is 12.8. The first-order valence-electron chi connectivity index (χ1n) is 6.77. The van der Waals surface area contributed by atoms with E-state index < -0.39 is 0 Å². The van der Waals surface area contributed by atoms with Gasteiger partial charge in [-0.15, -0.1) is 0 Å². The van der Waals surface area contributed by atoms with E-state index in [0.717, 1.165) is 26.1 Å². The van der Waals surface area contributed by atoms with Crippen molar-refractivity contribution in [3.8, 4) is 0 Å². The maximum absolute atomic E-state index is 4.42. The molecule has 0 saturated heterocycles. The highest BCUT2D eigenvalue weighted by atomic mass is 15.1. The first-order chi connectivity index (χ1) is 8.22. The average Bonchev–Trinajstić information content (AvgIpc) is 2.39. The molecule has 0 fully saturated rings. The van der Waals surface area contributed by atoms with Gasteiger partial charge in [0, 0.05) is 30.8 Å². The van der Waals surface area contributed by atoms with Crippen molar-refractivity contribution in [1.82, 2.24) is 14.9 Å². The second-order valence-corrected chi connectivity index (χ2v) is 4.46. The molecule has 0 N–H and O–H groups in total. The van der Waals surface area contributed by atoms with E-state index in [4.69, 9.17) is 0 Å². The van der Waals surface area contributed by atoms with Crippen LogP contribution in [0.25, 0.3) is 0 Å². The SMILES string of the molecule is CC.CCN1CCc2ncnc(C(C)C)c2C1. The van der Waals surface area contributed by atoms with E-state index in [1.165, 1.54) is 17.0 Å². The second kappa shape index (κ2) is 6.70. The summed E-state index contributed by atoms with van der Waals surface area (Å²) in [4.78, 5) is 11.3. The summed E-state index contributed by atoms with van der Waals surface area (Å²) in [5.41, 5.74) is 3.87. The zero-order valence-corrected chi connectivity index (χ0v) is 11.8. The Kier molecular flexibility index (Phi) is 5.56. The van der Waals surface area contributed by atoms with Crippen molar-refractivity contribution in [2.75, 3.05) is 13.1 Å². The molecule has 0 aromatic carbocycles. The van der Waals surface area contributed by atoms with Crippen LogP contribution in [0.4, 0.5) is 0 Å². The standard InChI is InChI=1S/C12H19N3.C2H6/c1-4-15-6-5-11-10(7-15)12(9(2)3)14-8-13-11;1-2/h8-9H,4-7H2,1-3H3;1-2H3. The van der Waals surface area contributed by atoms with Crippen molar-refractivity contribution < 1.29 is 0 Å². The van der Waals surface area contributed by atoms with Crippen LogP contribution in [-0.2, 0) is 13.0 Å². The molecular weight excluding hydrogens is 210 g/mol. The van der Waals surface area contributed by atoms with Crippen LogP contribution in [0.3, 0.4) is 0 Å². The van der Waals surface area contributed by atoms with Gasteiger partial charge in [-0.25, -0.2) is 9.97 Å². The Morgan fingerprint density at radius 2 is 2.00 bits per heavy atom. The maximum atomic E-state index is 4.42. The normalized spacial score (nSPS) is 15.2. The highest BCUT2D eigenvalue weighted by Gasteiger charge is 2.20. The number of rotatable bonds is 2. The molecule has 3 nitrogen and oxygen atoms in total. The van der Waals surface area contributed by atoms with Gasteiger partial charge in [-0.05, 0) is 12.5 Å². The van der Waals surface area contributed by atoms with E-state index in [0.29, 0.717) is 5.92 Å². The molecule has 0 atom stereocenters. The molecule has 0 saturated carbocycles. The Labute approximate surface area is 105 Å². The molecule has 0 spiro atoms. The largest absolute Gasteiger partial charge is 0.299 e. The summed E-state index contributed by atoms with van der Waals surface area (Å²) in [5.74, 6) is 0.499. The fourth-order valence-electron chi connectivity index (χ4n) is 2.19. The average molecular weight is 235 g/mol. The lowest BCUT2D eigenvalue weighted by Crippen LogP contribution is -2.32. The Hall–Kier alpha value is -0.960. The molecule has 3 heteroatoms. The Balaban J connectivity index is 0.000000686. The fraction of sp³-hybridized carbons (Fsp3) is 0.714. The molecule has 0 aliphatic carbocycles. The van der Waals surface area contributed by atoms with Gasteiger partial charge in [-0.2, -0.15) is 0 Å². The summed E-state index contributed by atoms with van der Waals surface area (Å²) in [6, 6.07) is 0. The van der Waals surface area contributed by atoms with Crippen LogP contribution in [-0.4, -0.2) is 28.0 Å². The van der Waals surface area contributed by atoms with Crippen molar-refractivity contribution in [3.05, 3.63) is 23.3 Å². The summed E-state index contributed by atoms with van der Waals surface area (Å²) in [6.07, 6.45) is 2.79. The van der Waals surface area contributed by atoms with Gasteiger partial charge in [0.05, 0.1) is 5.69 Å². The molecule has 1 aromatic rings. The number of nitrogens with zero attached hydrogens (tertiary/aromatic N) is 3. The second-order valence-electron chi connectivity index (χ2n) is 4.46. The maximum Gasteiger partial charge on any atom is 0.115 e. The van der Waals surface area contributed by atoms with Gasteiger partial charge in [-0.3, -0.25) is 4.90 Å². The van der Waals surface area contributed by atoms with Gasteiger partial charge in [0.15, 0.2) is 0 Å². The van der Waals surface area contributed by atoms with Crippen molar-refractivity contribution in [2.24, 2.45) is 0 Å². The molecule has 96 valence electrons. The lowest BCUT2D eigenvalue weighted by molar-refractivity contribution is 0.263. The lowest BCUT2D eigenvalue weighted by atomic mass is 9.98. The summed E-state index contributed by atoms with van der Waals surface area (Å²) in [5, 5.41) is 0. The van der Waals surface area contributed by atoms with E-state index in [1.54, 1.807) is 6.33 Å². The van der Waals surface area contributed by atoms with E-state index in [1.807, 2.05) is 13.8 Å². The Morgan fingerprint density at radius 1 is 1.29 bits per heavy atom. The van der Waals surface area contributed by atoms with Gasteiger partial charge < -0.3 is 0 Å². The molecule has 0 bridgehead atoms. The van der Waals surface area contributed by atoms with E-state index in [2.05, 4.69) is 35.6 Å². The first kappa shape index (κ1) is 14.1. The molecular formula is C14H25N3. The van der Waals surface area contributed by atoms with E-state index >= 15 is 0 Å². The third kappa shape index (κ3) is 3.25. The minimum Gasteiger partial charge on any atom is -0.299 e. The topological polar surface area (TPSA) is 29.0 Å². The van der Waals surface area contributed by atoms with Crippen LogP contribution in [0.2, 0.25) is 0 Å². The monoisotopic (exact) mass is 235 g/mol. The molecule has 1 aliphatic rings. The minimum atomic E-state index is 0.499. The van der Waals surface area contributed by atoms with Crippen LogP contribution in [0.15, 0.2) is 6.33 Å². The summed E-state index contributed by atoms with van der Waals surface area (Å²) in [6.45, 7) is 13.9. The van der Waals surface area contributed by atoms with Gasteiger partial charge in [0.2, 0.25) is 0 Å². The van der Waals surface area contributed by atoms with Crippen molar-refractivity contribution in [2.45, 2.75) is 53.5 Å². The van der Waals surface area contributed by atoms with Gasteiger partial charge in [0.25, 0.3) is 0 Å². The van der Waals surface area contributed by atoms with Crippen molar-refractivity contribution >= 4 is 0 Å². The Bertz CT molecular complexity index is 347. The van der Waals surface area contributed by atoms with Crippen LogP contribution in [0.5, 0.6) is 0 Å². The number of hydrogen-bond acceptors (Lipinski definition) is 3. The number of likely N-dealkylation sites (N-methyl/N-ethyl adjacent to an activating group) is 1. The van der Waals surface area contributed by atoms with Crippen LogP contribution < -0.4 is 0 Å². The van der Waals surface area contributed by atoms with E-state index in [9.17, 15) is 0 Å². The molecule has 2 rings (SSSR count). The highest BCUT2D eigenvalue weighted by Crippen LogP contribution is 2.24. The quantitative estimate of drug-likeness (QED) is 0.789.